The molecule has 6 N–H and O–H groups in total. The summed E-state index contributed by atoms with van der Waals surface area (Å²) in [5.74, 6) is 0.331. The average molecular weight is 764 g/mol. The zero-order valence-electron chi connectivity index (χ0n) is 31.7. The summed E-state index contributed by atoms with van der Waals surface area (Å²) in [5.41, 5.74) is 1.91. The lowest BCUT2D eigenvalue weighted by Crippen LogP contribution is -2.56. The number of aliphatic hydroxyl groups is 2. The minimum Gasteiger partial charge on any atom is -0.494 e. The number of aliphatic hydroxyl groups excluding tert-OH is 2. The van der Waals surface area contributed by atoms with E-state index in [1.165, 1.54) is 16.2 Å². The predicted octanol–water partition coefficient (Wildman–Crippen LogP) is 4.02. The van der Waals surface area contributed by atoms with Gasteiger partial charge in [0.25, 0.3) is 5.91 Å². The first-order valence-electron chi connectivity index (χ1n) is 19.2. The van der Waals surface area contributed by atoms with Crippen molar-refractivity contribution in [1.29, 1.82) is 0 Å². The first kappa shape index (κ1) is 37.9. The highest BCUT2D eigenvalue weighted by Crippen LogP contribution is 2.37. The summed E-state index contributed by atoms with van der Waals surface area (Å²) in [6, 6.07) is -0.219. The van der Waals surface area contributed by atoms with Gasteiger partial charge in [0, 0.05) is 26.1 Å². The van der Waals surface area contributed by atoms with Crippen molar-refractivity contribution in [2.45, 2.75) is 116 Å². The molecule has 16 heteroatoms. The molecule has 4 aliphatic rings. The van der Waals surface area contributed by atoms with Crippen LogP contribution in [0.3, 0.4) is 0 Å². The fourth-order valence-corrected chi connectivity index (χ4v) is 7.90. The molecule has 3 aliphatic carbocycles. The lowest BCUT2D eigenvalue weighted by Gasteiger charge is -2.35. The standard InChI is InChI=1S/C38H53N9O6S/c1-20-17-40-46(5)28(20)32-42-25-13-14-54-30(25)35(45-32)53-24-16-27(33(49)43-26(15-21-7-6-8-21)29(48)34(50)41-23-11-12-23)47(19-24)36(51)31(38(2,3)4)44-37(52)39-18-22-9-10-22/h13-14,17,21-24,26,29,31,43,48-49H,6-12,15-16,18-19H2,1-5H3,(H,41,50)(H2,39,44,52)/b33-27-/t24-,26+,29?,31-/m1/s1. The SMILES string of the molecule is Cc1cnn(C)c1-c1nc(O[C@@H]2C/C(=C(/O)N[C@@H](CC3CCC3)C(O)C(=O)NC3CC3)N(C(=O)[C@@H](NC(=O)NCC3CC3)C(C)(C)C)C2)c2sccc2n1. The van der Waals surface area contributed by atoms with E-state index < -0.39 is 47.6 Å². The van der Waals surface area contributed by atoms with Crippen LogP contribution < -0.4 is 26.0 Å². The molecule has 3 aromatic rings. The van der Waals surface area contributed by atoms with Crippen molar-refractivity contribution in [3.8, 4) is 17.4 Å². The minimum atomic E-state index is -1.41. The van der Waals surface area contributed by atoms with E-state index in [-0.39, 0.29) is 30.6 Å². The van der Waals surface area contributed by atoms with Crippen LogP contribution in [-0.2, 0) is 16.6 Å². The van der Waals surface area contributed by atoms with Gasteiger partial charge in [0.05, 0.1) is 30.0 Å². The van der Waals surface area contributed by atoms with E-state index in [9.17, 15) is 24.6 Å². The number of amides is 4. The molecule has 3 aromatic heterocycles. The quantitative estimate of drug-likeness (QED) is 0.131. The van der Waals surface area contributed by atoms with E-state index in [0.717, 1.165) is 60.9 Å². The van der Waals surface area contributed by atoms with E-state index in [4.69, 9.17) is 14.7 Å². The highest BCUT2D eigenvalue weighted by atomic mass is 32.1. The molecule has 15 nitrogen and oxygen atoms in total. The summed E-state index contributed by atoms with van der Waals surface area (Å²) in [6.07, 6.45) is 7.21. The van der Waals surface area contributed by atoms with Gasteiger partial charge in [0.15, 0.2) is 11.9 Å². The van der Waals surface area contributed by atoms with E-state index in [1.807, 2.05) is 46.2 Å². The van der Waals surface area contributed by atoms with Crippen LogP contribution in [0.1, 0.15) is 84.1 Å². The van der Waals surface area contributed by atoms with Crippen LogP contribution in [0.4, 0.5) is 4.79 Å². The van der Waals surface area contributed by atoms with E-state index in [1.54, 1.807) is 10.9 Å². The van der Waals surface area contributed by atoms with E-state index in [2.05, 4.69) is 26.4 Å². The molecule has 3 saturated carbocycles. The first-order chi connectivity index (χ1) is 25.7. The molecule has 0 bridgehead atoms. The van der Waals surface area contributed by atoms with Crippen molar-refractivity contribution in [2.75, 3.05) is 13.1 Å². The number of rotatable bonds is 14. The van der Waals surface area contributed by atoms with Gasteiger partial charge >= 0.3 is 6.03 Å². The van der Waals surface area contributed by atoms with Crippen molar-refractivity contribution in [3.05, 3.63) is 34.8 Å². The molecule has 0 aromatic carbocycles. The highest BCUT2D eigenvalue weighted by Gasteiger charge is 2.44. The number of fused-ring (bicyclic) bond motifs is 1. The molecule has 7 rings (SSSR count). The number of ether oxygens (including phenoxy) is 1. The Morgan fingerprint density at radius 2 is 1.83 bits per heavy atom. The Morgan fingerprint density at radius 1 is 1.07 bits per heavy atom. The van der Waals surface area contributed by atoms with Gasteiger partial charge in [-0.2, -0.15) is 10.1 Å². The molecule has 54 heavy (non-hydrogen) atoms. The summed E-state index contributed by atoms with van der Waals surface area (Å²) in [6.45, 7) is 8.16. The van der Waals surface area contributed by atoms with E-state index >= 15 is 0 Å². The molecule has 4 amide bonds. The average Bonchev–Trinajstić information content (AvgIpc) is 3.98. The molecular weight excluding hydrogens is 711 g/mol. The number of aromatic nitrogens is 4. The van der Waals surface area contributed by atoms with Crippen LogP contribution in [-0.4, -0.2) is 96.1 Å². The number of nitrogens with zero attached hydrogens (tertiary/aromatic N) is 5. The Hall–Kier alpha value is -4.44. The molecule has 4 fully saturated rings. The van der Waals surface area contributed by atoms with Gasteiger partial charge in [0.1, 0.15) is 22.5 Å². The number of nitrogens with one attached hydrogen (secondary N) is 4. The van der Waals surface area contributed by atoms with Gasteiger partial charge in [-0.1, -0.05) is 40.0 Å². The van der Waals surface area contributed by atoms with Crippen molar-refractivity contribution in [3.63, 3.8) is 0 Å². The molecule has 4 atom stereocenters. The van der Waals surface area contributed by atoms with Gasteiger partial charge in [-0.15, -0.1) is 11.3 Å². The largest absolute Gasteiger partial charge is 0.494 e. The molecule has 1 saturated heterocycles. The van der Waals surface area contributed by atoms with Crippen molar-refractivity contribution in [2.24, 2.45) is 24.3 Å². The third-order valence-corrected chi connectivity index (χ3v) is 11.8. The Kier molecular flexibility index (Phi) is 10.8. The van der Waals surface area contributed by atoms with Crippen molar-refractivity contribution >= 4 is 39.4 Å². The predicted molar refractivity (Wildman–Crippen MR) is 203 cm³/mol. The number of hydrogen-bond donors (Lipinski definition) is 6. The Morgan fingerprint density at radius 3 is 2.46 bits per heavy atom. The Labute approximate surface area is 319 Å². The number of hydrogen-bond acceptors (Lipinski definition) is 11. The lowest BCUT2D eigenvalue weighted by molar-refractivity contribution is -0.134. The molecule has 292 valence electrons. The lowest BCUT2D eigenvalue weighted by atomic mass is 9.80. The maximum atomic E-state index is 14.6. The summed E-state index contributed by atoms with van der Waals surface area (Å²) in [4.78, 5) is 51.8. The molecule has 0 spiro atoms. The topological polar surface area (TPSA) is 196 Å². The van der Waals surface area contributed by atoms with Gasteiger partial charge < -0.3 is 41.1 Å². The fourth-order valence-electron chi connectivity index (χ4n) is 7.14. The smallest absolute Gasteiger partial charge is 0.315 e. The molecule has 1 unspecified atom stereocenters. The summed E-state index contributed by atoms with van der Waals surface area (Å²) < 4.78 is 9.08. The highest BCUT2D eigenvalue weighted by molar-refractivity contribution is 7.17. The van der Waals surface area contributed by atoms with Crippen LogP contribution in [0.2, 0.25) is 0 Å². The van der Waals surface area contributed by atoms with E-state index in [0.29, 0.717) is 42.0 Å². The Balaban J connectivity index is 1.20. The summed E-state index contributed by atoms with van der Waals surface area (Å²) >= 11 is 1.44. The van der Waals surface area contributed by atoms with Gasteiger partial charge in [0.2, 0.25) is 17.7 Å². The monoisotopic (exact) mass is 763 g/mol. The number of aryl methyl sites for hydroxylation is 2. The molecule has 0 radical (unpaired) electrons. The van der Waals surface area contributed by atoms with Crippen molar-refractivity contribution < 1.29 is 29.3 Å². The fraction of sp³-hybridized carbons (Fsp3) is 0.632. The van der Waals surface area contributed by atoms with Gasteiger partial charge in [-0.25, -0.2) is 9.78 Å². The zero-order valence-corrected chi connectivity index (χ0v) is 32.5. The van der Waals surface area contributed by atoms with Crippen molar-refractivity contribution in [1.82, 2.24) is 45.9 Å². The molecular formula is C38H53N9O6S. The normalized spacial score (nSPS) is 21.6. The first-order valence-corrected chi connectivity index (χ1v) is 20.1. The minimum absolute atomic E-state index is 0.0484. The van der Waals surface area contributed by atoms with Crippen LogP contribution in [0.15, 0.2) is 29.2 Å². The number of thiophene rings is 1. The maximum absolute atomic E-state index is 14.6. The zero-order chi connectivity index (χ0) is 38.3. The third-order valence-electron chi connectivity index (χ3n) is 10.9. The molecule has 1 aliphatic heterocycles. The number of carbonyl (C=O) groups is 3. The second-order valence-electron chi connectivity index (χ2n) is 16.6. The number of carbonyl (C=O) groups excluding carboxylic acids is 3. The van der Waals surface area contributed by atoms with Gasteiger partial charge in [-0.3, -0.25) is 14.3 Å². The van der Waals surface area contributed by atoms with Crippen LogP contribution in [0.25, 0.3) is 21.7 Å². The molecule has 4 heterocycles. The number of urea groups is 1. The second kappa shape index (κ2) is 15.4. The summed E-state index contributed by atoms with van der Waals surface area (Å²) in [5, 5.41) is 41.2. The summed E-state index contributed by atoms with van der Waals surface area (Å²) in [7, 11) is 1.83. The van der Waals surface area contributed by atoms with Gasteiger partial charge in [-0.05, 0) is 73.3 Å². The second-order valence-corrected chi connectivity index (χ2v) is 17.5. The van der Waals surface area contributed by atoms with Crippen LogP contribution in [0.5, 0.6) is 5.88 Å². The third kappa shape index (κ3) is 8.59. The maximum Gasteiger partial charge on any atom is 0.315 e. The Bertz CT molecular complexity index is 1890. The van der Waals surface area contributed by atoms with Crippen LogP contribution >= 0.6 is 11.3 Å². The number of likely N-dealkylation sites (tertiary alicyclic amines) is 1. The van der Waals surface area contributed by atoms with Crippen LogP contribution in [0, 0.1) is 24.2 Å².